The van der Waals surface area contributed by atoms with Gasteiger partial charge in [-0.3, -0.25) is 9.20 Å². The first kappa shape index (κ1) is 16.7. The van der Waals surface area contributed by atoms with Gasteiger partial charge in [0.15, 0.2) is 0 Å². The number of aromatic nitrogens is 2. The Kier molecular flexibility index (Phi) is 3.44. The predicted octanol–water partition coefficient (Wildman–Crippen LogP) is 5.19. The van der Waals surface area contributed by atoms with Crippen LogP contribution in [0, 0.1) is 0 Å². The standard InChI is InChI=1S/C26H17N3O/c27-15-14-16-8-10-17(11-9-16)18-12-13-21-24-19(18)4-3-5-20(24)25-28-22-6-1-2-7-23(22)29(25)26(21)30/h1-15H,27H2/b15-14+. The fraction of sp³-hybridized carbons (Fsp3) is 0. The third-order valence-electron chi connectivity index (χ3n) is 5.79. The summed E-state index contributed by atoms with van der Waals surface area (Å²) in [5.74, 6) is 0. The second-order valence-corrected chi connectivity index (χ2v) is 7.43. The highest BCUT2D eigenvalue weighted by atomic mass is 16.1. The average Bonchev–Trinajstić information content (AvgIpc) is 3.18. The topological polar surface area (TPSA) is 60.4 Å². The van der Waals surface area contributed by atoms with Crippen LogP contribution < -0.4 is 11.3 Å². The predicted molar refractivity (Wildman–Crippen MR) is 124 cm³/mol. The normalized spacial score (nSPS) is 12.1. The maximum atomic E-state index is 13.4. The zero-order chi connectivity index (χ0) is 20.2. The van der Waals surface area contributed by atoms with Crippen LogP contribution in [-0.4, -0.2) is 9.38 Å². The lowest BCUT2D eigenvalue weighted by Gasteiger charge is -2.12. The third kappa shape index (κ3) is 2.22. The van der Waals surface area contributed by atoms with Gasteiger partial charge in [-0.15, -0.1) is 0 Å². The fourth-order valence-electron chi connectivity index (χ4n) is 4.44. The van der Waals surface area contributed by atoms with Gasteiger partial charge in [0, 0.05) is 16.2 Å². The SMILES string of the molecule is N/C=C/c1ccc(-c2ccc3c(=O)n4c5ccccc5nc4c4cccc2c34)cc1. The molecule has 0 bridgehead atoms. The van der Waals surface area contributed by atoms with Crippen LogP contribution in [-0.2, 0) is 0 Å². The van der Waals surface area contributed by atoms with Gasteiger partial charge in [-0.25, -0.2) is 4.98 Å². The van der Waals surface area contributed by atoms with Gasteiger partial charge in [0.05, 0.1) is 11.0 Å². The lowest BCUT2D eigenvalue weighted by atomic mass is 9.94. The van der Waals surface area contributed by atoms with Crippen molar-refractivity contribution in [3.05, 3.63) is 101 Å². The highest BCUT2D eigenvalue weighted by Crippen LogP contribution is 2.35. The molecule has 0 spiro atoms. The first-order valence-corrected chi connectivity index (χ1v) is 9.83. The molecule has 4 heteroatoms. The number of pyridine rings is 1. The first-order valence-electron chi connectivity index (χ1n) is 9.83. The van der Waals surface area contributed by atoms with Crippen LogP contribution in [0.2, 0.25) is 0 Å². The summed E-state index contributed by atoms with van der Waals surface area (Å²) in [6.45, 7) is 0. The Morgan fingerprint density at radius 1 is 0.800 bits per heavy atom. The fourth-order valence-corrected chi connectivity index (χ4v) is 4.44. The maximum absolute atomic E-state index is 13.4. The molecule has 142 valence electrons. The highest BCUT2D eigenvalue weighted by molar-refractivity contribution is 6.19. The second kappa shape index (κ2) is 6.16. The van der Waals surface area contributed by atoms with Gasteiger partial charge in [0.2, 0.25) is 0 Å². The minimum atomic E-state index is -0.0302. The smallest absolute Gasteiger partial charge is 0.264 e. The molecule has 6 rings (SSSR count). The summed E-state index contributed by atoms with van der Waals surface area (Å²) in [4.78, 5) is 18.2. The molecule has 0 fully saturated rings. The zero-order valence-corrected chi connectivity index (χ0v) is 16.0. The van der Waals surface area contributed by atoms with E-state index in [0.717, 1.165) is 43.9 Å². The minimum Gasteiger partial charge on any atom is -0.405 e. The van der Waals surface area contributed by atoms with E-state index >= 15 is 0 Å². The summed E-state index contributed by atoms with van der Waals surface area (Å²) in [5.41, 5.74) is 11.1. The van der Waals surface area contributed by atoms with Gasteiger partial charge in [-0.2, -0.15) is 0 Å². The number of fused-ring (bicyclic) bond motifs is 4. The highest BCUT2D eigenvalue weighted by Gasteiger charge is 2.17. The van der Waals surface area contributed by atoms with Gasteiger partial charge in [-0.05, 0) is 52.6 Å². The number of para-hydroxylation sites is 2. The molecule has 6 aromatic rings. The number of imidazole rings is 1. The van der Waals surface area contributed by atoms with E-state index < -0.39 is 0 Å². The van der Waals surface area contributed by atoms with Gasteiger partial charge in [0.1, 0.15) is 5.65 Å². The molecule has 0 atom stereocenters. The quantitative estimate of drug-likeness (QED) is 0.445. The molecule has 2 aromatic heterocycles. The van der Waals surface area contributed by atoms with Gasteiger partial charge < -0.3 is 5.73 Å². The molecule has 0 radical (unpaired) electrons. The van der Waals surface area contributed by atoms with Gasteiger partial charge in [0.25, 0.3) is 5.56 Å². The number of hydrogen-bond acceptors (Lipinski definition) is 3. The lowest BCUT2D eigenvalue weighted by Crippen LogP contribution is -2.13. The van der Waals surface area contributed by atoms with E-state index in [1.54, 1.807) is 4.40 Å². The molecule has 4 nitrogen and oxygen atoms in total. The third-order valence-corrected chi connectivity index (χ3v) is 5.79. The van der Waals surface area contributed by atoms with E-state index in [9.17, 15) is 4.79 Å². The molecular formula is C26H17N3O. The van der Waals surface area contributed by atoms with Crippen molar-refractivity contribution in [2.45, 2.75) is 0 Å². The Morgan fingerprint density at radius 2 is 1.60 bits per heavy atom. The largest absolute Gasteiger partial charge is 0.405 e. The van der Waals surface area contributed by atoms with Crippen LogP contribution in [0.5, 0.6) is 0 Å². The summed E-state index contributed by atoms with van der Waals surface area (Å²) >= 11 is 0. The second-order valence-electron chi connectivity index (χ2n) is 7.43. The van der Waals surface area contributed by atoms with Crippen molar-refractivity contribution in [2.24, 2.45) is 5.73 Å². The zero-order valence-electron chi connectivity index (χ0n) is 16.0. The van der Waals surface area contributed by atoms with Crippen molar-refractivity contribution in [2.75, 3.05) is 0 Å². The molecule has 0 aliphatic heterocycles. The van der Waals surface area contributed by atoms with E-state index in [1.807, 2.05) is 60.7 Å². The van der Waals surface area contributed by atoms with E-state index in [2.05, 4.69) is 24.3 Å². The molecule has 0 unspecified atom stereocenters. The molecule has 4 aromatic carbocycles. The van der Waals surface area contributed by atoms with Gasteiger partial charge >= 0.3 is 0 Å². The van der Waals surface area contributed by atoms with E-state index in [4.69, 9.17) is 10.7 Å². The molecule has 0 amide bonds. The van der Waals surface area contributed by atoms with E-state index in [-0.39, 0.29) is 5.56 Å². The molecule has 30 heavy (non-hydrogen) atoms. The molecular weight excluding hydrogens is 370 g/mol. The van der Waals surface area contributed by atoms with Crippen LogP contribution in [0.25, 0.3) is 55.4 Å². The van der Waals surface area contributed by atoms with Crippen LogP contribution in [0.15, 0.2) is 89.9 Å². The van der Waals surface area contributed by atoms with E-state index in [0.29, 0.717) is 11.0 Å². The summed E-state index contributed by atoms with van der Waals surface area (Å²) in [5, 5.41) is 3.72. The minimum absolute atomic E-state index is 0.0302. The summed E-state index contributed by atoms with van der Waals surface area (Å²) in [7, 11) is 0. The molecule has 0 aliphatic carbocycles. The molecule has 2 N–H and O–H groups in total. The van der Waals surface area contributed by atoms with Crippen molar-refractivity contribution in [3.8, 4) is 11.1 Å². The van der Waals surface area contributed by atoms with Crippen molar-refractivity contribution in [1.29, 1.82) is 0 Å². The van der Waals surface area contributed by atoms with Crippen molar-refractivity contribution in [1.82, 2.24) is 9.38 Å². The number of nitrogens with two attached hydrogens (primary N) is 1. The lowest BCUT2D eigenvalue weighted by molar-refractivity contribution is 1.19. The number of rotatable bonds is 2. The Balaban J connectivity index is 1.74. The Hall–Kier alpha value is -4.18. The number of hydrogen-bond donors (Lipinski definition) is 1. The molecule has 0 saturated heterocycles. The van der Waals surface area contributed by atoms with Crippen LogP contribution in [0.1, 0.15) is 5.56 Å². The monoisotopic (exact) mass is 387 g/mol. The van der Waals surface area contributed by atoms with Gasteiger partial charge in [-0.1, -0.05) is 60.7 Å². The molecule has 0 aliphatic rings. The Morgan fingerprint density at radius 3 is 2.43 bits per heavy atom. The Labute approximate surface area is 171 Å². The van der Waals surface area contributed by atoms with Crippen molar-refractivity contribution in [3.63, 3.8) is 0 Å². The average molecular weight is 387 g/mol. The number of benzene rings is 4. The first-order chi connectivity index (χ1) is 14.8. The summed E-state index contributed by atoms with van der Waals surface area (Å²) in [6.07, 6.45) is 3.40. The Bertz CT molecular complexity index is 1660. The summed E-state index contributed by atoms with van der Waals surface area (Å²) in [6, 6.07) is 26.2. The van der Waals surface area contributed by atoms with Crippen molar-refractivity contribution >= 4 is 44.3 Å². The molecule has 2 heterocycles. The maximum Gasteiger partial charge on any atom is 0.264 e. The molecule has 0 saturated carbocycles. The van der Waals surface area contributed by atoms with E-state index in [1.165, 1.54) is 6.20 Å². The van der Waals surface area contributed by atoms with Crippen LogP contribution in [0.4, 0.5) is 0 Å². The van der Waals surface area contributed by atoms with Crippen LogP contribution in [0.3, 0.4) is 0 Å². The van der Waals surface area contributed by atoms with Crippen molar-refractivity contribution < 1.29 is 0 Å². The summed E-state index contributed by atoms with van der Waals surface area (Å²) < 4.78 is 1.74. The number of nitrogens with zero attached hydrogens (tertiary/aromatic N) is 2. The van der Waals surface area contributed by atoms with Crippen LogP contribution >= 0.6 is 0 Å².